The van der Waals surface area contributed by atoms with Gasteiger partial charge in [-0.05, 0) is 30.2 Å². The van der Waals surface area contributed by atoms with E-state index in [4.69, 9.17) is 5.73 Å². The Labute approximate surface area is 148 Å². The van der Waals surface area contributed by atoms with Gasteiger partial charge in [0, 0.05) is 29.8 Å². The average Bonchev–Trinajstić information content (AvgIpc) is 3.07. The number of anilines is 1. The molecule has 3 aromatic heterocycles. The standard InChI is InChI=1S/C19H17N5O2/c20-15-11-23-17-14(5-3-9-24(17)19(15)26)18(25)21-8-7-12-10-22-16-6-2-1-4-13(12)16/h1-6,9-11,22H,7-8,20H2,(H,21,25). The van der Waals surface area contributed by atoms with Crippen LogP contribution in [0.5, 0.6) is 0 Å². The van der Waals surface area contributed by atoms with Crippen LogP contribution in [0.2, 0.25) is 0 Å². The van der Waals surface area contributed by atoms with E-state index >= 15 is 0 Å². The predicted octanol–water partition coefficient (Wildman–Crippen LogP) is 1.73. The lowest BCUT2D eigenvalue weighted by Gasteiger charge is -2.08. The number of hydrogen-bond donors (Lipinski definition) is 3. The molecule has 4 rings (SSSR count). The van der Waals surface area contributed by atoms with E-state index in [2.05, 4.69) is 21.4 Å². The van der Waals surface area contributed by atoms with Crippen LogP contribution in [0.3, 0.4) is 0 Å². The van der Waals surface area contributed by atoms with Crippen LogP contribution in [0.4, 0.5) is 5.69 Å². The first kappa shape index (κ1) is 15.9. The van der Waals surface area contributed by atoms with Crippen molar-refractivity contribution < 1.29 is 4.79 Å². The van der Waals surface area contributed by atoms with Gasteiger partial charge in [0.1, 0.15) is 5.69 Å². The van der Waals surface area contributed by atoms with Gasteiger partial charge in [-0.1, -0.05) is 18.2 Å². The highest BCUT2D eigenvalue weighted by molar-refractivity contribution is 5.99. The Kier molecular flexibility index (Phi) is 3.89. The number of aromatic nitrogens is 3. The molecule has 7 heteroatoms. The predicted molar refractivity (Wildman–Crippen MR) is 100 cm³/mol. The molecule has 3 heterocycles. The molecule has 0 fully saturated rings. The number of aromatic amines is 1. The molecule has 0 saturated carbocycles. The van der Waals surface area contributed by atoms with Crippen molar-refractivity contribution in [1.82, 2.24) is 19.7 Å². The molecule has 26 heavy (non-hydrogen) atoms. The SMILES string of the molecule is Nc1cnc2c(C(=O)NCCc3c[nH]c4ccccc34)cccn2c1=O. The lowest BCUT2D eigenvalue weighted by Crippen LogP contribution is -2.28. The number of nitrogens with one attached hydrogen (secondary N) is 2. The Morgan fingerprint density at radius 1 is 1.23 bits per heavy atom. The molecule has 4 N–H and O–H groups in total. The minimum atomic E-state index is -0.386. The van der Waals surface area contributed by atoms with Crippen LogP contribution < -0.4 is 16.6 Å². The maximum Gasteiger partial charge on any atom is 0.281 e. The van der Waals surface area contributed by atoms with E-state index in [0.717, 1.165) is 16.5 Å². The zero-order valence-corrected chi connectivity index (χ0v) is 13.9. The lowest BCUT2D eigenvalue weighted by atomic mass is 10.1. The van der Waals surface area contributed by atoms with Crippen molar-refractivity contribution in [1.29, 1.82) is 0 Å². The lowest BCUT2D eigenvalue weighted by molar-refractivity contribution is 0.0955. The zero-order valence-electron chi connectivity index (χ0n) is 13.9. The van der Waals surface area contributed by atoms with Crippen molar-refractivity contribution in [2.24, 2.45) is 0 Å². The summed E-state index contributed by atoms with van der Waals surface area (Å²) in [4.78, 5) is 32.0. The number of hydrogen-bond acceptors (Lipinski definition) is 4. The van der Waals surface area contributed by atoms with Gasteiger partial charge >= 0.3 is 0 Å². The summed E-state index contributed by atoms with van der Waals surface area (Å²) in [5, 5.41) is 4.04. The maximum atomic E-state index is 12.5. The topological polar surface area (TPSA) is 105 Å². The van der Waals surface area contributed by atoms with E-state index in [0.29, 0.717) is 18.5 Å². The van der Waals surface area contributed by atoms with Crippen molar-refractivity contribution >= 4 is 28.1 Å². The van der Waals surface area contributed by atoms with Crippen LogP contribution in [0, 0.1) is 0 Å². The van der Waals surface area contributed by atoms with Crippen LogP contribution in [0.15, 0.2) is 59.8 Å². The number of fused-ring (bicyclic) bond motifs is 2. The molecular formula is C19H17N5O2. The van der Waals surface area contributed by atoms with Gasteiger partial charge in [0.05, 0.1) is 11.8 Å². The minimum absolute atomic E-state index is 0.0411. The molecule has 0 aliphatic heterocycles. The third-order valence-electron chi connectivity index (χ3n) is 4.36. The van der Waals surface area contributed by atoms with E-state index in [-0.39, 0.29) is 22.8 Å². The van der Waals surface area contributed by atoms with E-state index < -0.39 is 0 Å². The van der Waals surface area contributed by atoms with E-state index in [9.17, 15) is 9.59 Å². The summed E-state index contributed by atoms with van der Waals surface area (Å²) in [6.45, 7) is 0.473. The molecule has 130 valence electrons. The van der Waals surface area contributed by atoms with Gasteiger partial charge in [-0.15, -0.1) is 0 Å². The van der Waals surface area contributed by atoms with E-state index in [1.165, 1.54) is 10.6 Å². The van der Waals surface area contributed by atoms with Crippen LogP contribution in [0.1, 0.15) is 15.9 Å². The molecule has 0 radical (unpaired) electrons. The Morgan fingerprint density at radius 3 is 2.96 bits per heavy atom. The molecular weight excluding hydrogens is 330 g/mol. The molecule has 0 bridgehead atoms. The van der Waals surface area contributed by atoms with Crippen LogP contribution in [0.25, 0.3) is 16.6 Å². The van der Waals surface area contributed by atoms with Gasteiger partial charge < -0.3 is 16.0 Å². The summed E-state index contributed by atoms with van der Waals surface area (Å²) in [7, 11) is 0. The first-order valence-electron chi connectivity index (χ1n) is 8.24. The smallest absolute Gasteiger partial charge is 0.281 e. The molecule has 0 aliphatic rings. The fourth-order valence-electron chi connectivity index (χ4n) is 3.04. The summed E-state index contributed by atoms with van der Waals surface area (Å²) in [6.07, 6.45) is 5.48. The monoisotopic (exact) mass is 347 g/mol. The molecule has 7 nitrogen and oxygen atoms in total. The highest BCUT2D eigenvalue weighted by Gasteiger charge is 2.13. The zero-order chi connectivity index (χ0) is 18.1. The minimum Gasteiger partial charge on any atom is -0.393 e. The molecule has 0 aliphatic carbocycles. The molecule has 1 aromatic carbocycles. The number of H-pyrrole nitrogens is 1. The molecule has 0 atom stereocenters. The Morgan fingerprint density at radius 2 is 2.08 bits per heavy atom. The average molecular weight is 347 g/mol. The second-order valence-corrected chi connectivity index (χ2v) is 6.00. The number of pyridine rings is 1. The number of carbonyl (C=O) groups excluding carboxylic acids is 1. The number of carbonyl (C=O) groups is 1. The fourth-order valence-corrected chi connectivity index (χ4v) is 3.04. The van der Waals surface area contributed by atoms with Crippen molar-refractivity contribution in [3.8, 4) is 0 Å². The van der Waals surface area contributed by atoms with Gasteiger partial charge in [-0.25, -0.2) is 4.98 Å². The van der Waals surface area contributed by atoms with Gasteiger partial charge in [-0.2, -0.15) is 0 Å². The number of amides is 1. The summed E-state index contributed by atoms with van der Waals surface area (Å²) < 4.78 is 1.28. The van der Waals surface area contributed by atoms with Crippen molar-refractivity contribution in [2.45, 2.75) is 6.42 Å². The van der Waals surface area contributed by atoms with Crippen LogP contribution >= 0.6 is 0 Å². The van der Waals surface area contributed by atoms with Crippen molar-refractivity contribution in [2.75, 3.05) is 12.3 Å². The third-order valence-corrected chi connectivity index (χ3v) is 4.36. The number of benzene rings is 1. The second-order valence-electron chi connectivity index (χ2n) is 6.00. The first-order chi connectivity index (χ1) is 12.6. The van der Waals surface area contributed by atoms with E-state index in [1.54, 1.807) is 18.3 Å². The number of rotatable bonds is 4. The van der Waals surface area contributed by atoms with Crippen LogP contribution in [-0.2, 0) is 6.42 Å². The fraction of sp³-hybridized carbons (Fsp3) is 0.105. The molecule has 0 saturated heterocycles. The molecule has 0 spiro atoms. The summed E-state index contributed by atoms with van der Waals surface area (Å²) in [5.74, 6) is -0.278. The van der Waals surface area contributed by atoms with Crippen LogP contribution in [-0.4, -0.2) is 26.8 Å². The number of nitrogens with two attached hydrogens (primary N) is 1. The highest BCUT2D eigenvalue weighted by atomic mass is 16.2. The van der Waals surface area contributed by atoms with Gasteiger partial charge in [0.25, 0.3) is 11.5 Å². The highest BCUT2D eigenvalue weighted by Crippen LogP contribution is 2.17. The second kappa shape index (κ2) is 6.36. The quantitative estimate of drug-likeness (QED) is 0.523. The summed E-state index contributed by atoms with van der Waals surface area (Å²) in [5.41, 5.74) is 8.09. The van der Waals surface area contributed by atoms with E-state index in [1.807, 2.05) is 24.4 Å². The van der Waals surface area contributed by atoms with Crippen molar-refractivity contribution in [3.05, 3.63) is 76.5 Å². The number of para-hydroxylation sites is 1. The Hall–Kier alpha value is -3.61. The summed E-state index contributed by atoms with van der Waals surface area (Å²) in [6, 6.07) is 11.3. The number of nitrogen functional groups attached to an aromatic ring is 1. The number of nitrogens with zero attached hydrogens (tertiary/aromatic N) is 2. The van der Waals surface area contributed by atoms with Gasteiger partial charge in [-0.3, -0.25) is 14.0 Å². The largest absolute Gasteiger partial charge is 0.393 e. The van der Waals surface area contributed by atoms with Gasteiger partial charge in [0.2, 0.25) is 0 Å². The molecule has 0 unspecified atom stereocenters. The Bertz CT molecular complexity index is 1180. The normalized spacial score (nSPS) is 11.1. The maximum absolute atomic E-state index is 12.5. The van der Waals surface area contributed by atoms with Gasteiger partial charge in [0.15, 0.2) is 5.65 Å². The van der Waals surface area contributed by atoms with Crippen molar-refractivity contribution in [3.63, 3.8) is 0 Å². The Balaban J connectivity index is 1.53. The summed E-state index contributed by atoms with van der Waals surface area (Å²) >= 11 is 0. The molecule has 1 amide bonds. The first-order valence-corrected chi connectivity index (χ1v) is 8.24. The third kappa shape index (κ3) is 2.69. The molecule has 4 aromatic rings.